The number of hydrazine groups is 1. The maximum Gasteiger partial charge on any atom is 0.429 e. The van der Waals surface area contributed by atoms with E-state index in [2.05, 4.69) is 0 Å². The summed E-state index contributed by atoms with van der Waals surface area (Å²) in [6.07, 6.45) is 0.0598. The molecule has 0 bridgehead atoms. The molecule has 34 heavy (non-hydrogen) atoms. The summed E-state index contributed by atoms with van der Waals surface area (Å²) in [7, 11) is 3.90. The van der Waals surface area contributed by atoms with Gasteiger partial charge in [-0.2, -0.15) is 0 Å². The molecule has 1 fully saturated rings. The second-order valence-electron chi connectivity index (χ2n) is 8.56. The maximum absolute atomic E-state index is 13.0. The molecule has 1 atom stereocenters. The molecule has 0 unspecified atom stereocenters. The number of amides is 2. The van der Waals surface area contributed by atoms with Gasteiger partial charge in [-0.1, -0.05) is 60.7 Å². The van der Waals surface area contributed by atoms with Crippen LogP contribution in [-0.2, 0) is 32.1 Å². The number of carbonyl (C=O) groups excluding carboxylic acids is 3. The lowest BCUT2D eigenvalue weighted by molar-refractivity contribution is -0.157. The molecule has 8 heteroatoms. The zero-order chi connectivity index (χ0) is 24.3. The van der Waals surface area contributed by atoms with Crippen molar-refractivity contribution in [3.63, 3.8) is 0 Å². The van der Waals surface area contributed by atoms with Crippen LogP contribution < -0.4 is 0 Å². The molecule has 2 aromatic carbocycles. The van der Waals surface area contributed by atoms with Gasteiger partial charge in [0.2, 0.25) is 12.0 Å². The summed E-state index contributed by atoms with van der Waals surface area (Å²) in [5, 5.41) is 2.74. The van der Waals surface area contributed by atoms with Crippen LogP contribution in [0.5, 0.6) is 0 Å². The van der Waals surface area contributed by atoms with E-state index < -0.39 is 18.2 Å². The number of hydrogen-bond donors (Lipinski definition) is 0. The number of nitrogens with zero attached hydrogens (tertiary/aromatic N) is 3. The predicted molar refractivity (Wildman–Crippen MR) is 127 cm³/mol. The van der Waals surface area contributed by atoms with E-state index >= 15 is 0 Å². The van der Waals surface area contributed by atoms with Gasteiger partial charge >= 0.3 is 12.1 Å². The van der Waals surface area contributed by atoms with E-state index in [1.54, 1.807) is 0 Å². The topological polar surface area (TPSA) is 79.4 Å². The third-order valence-electron chi connectivity index (χ3n) is 5.52. The molecule has 0 saturated carbocycles. The van der Waals surface area contributed by atoms with Crippen LogP contribution in [0, 0.1) is 0 Å². The Morgan fingerprint density at radius 3 is 2.18 bits per heavy atom. The molecule has 8 nitrogen and oxygen atoms in total. The SMILES string of the molecule is CN(C)CCCC(=O)N1CCCN1C(=O)O[C@@H](Cc1ccccc1)C(=O)OCc1ccccc1. The highest BCUT2D eigenvalue weighted by Crippen LogP contribution is 2.17. The van der Waals surface area contributed by atoms with Crippen molar-refractivity contribution in [3.05, 3.63) is 71.8 Å². The lowest BCUT2D eigenvalue weighted by Gasteiger charge is -2.29. The largest absolute Gasteiger partial charge is 0.458 e. The Kier molecular flexibility index (Phi) is 9.46. The van der Waals surface area contributed by atoms with Gasteiger partial charge in [0, 0.05) is 25.9 Å². The minimum atomic E-state index is -1.12. The molecule has 2 amide bonds. The van der Waals surface area contributed by atoms with E-state index in [-0.39, 0.29) is 18.9 Å². The highest BCUT2D eigenvalue weighted by Gasteiger charge is 2.35. The normalized spacial score (nSPS) is 14.2. The van der Waals surface area contributed by atoms with Crippen molar-refractivity contribution in [3.8, 4) is 0 Å². The average molecular weight is 468 g/mol. The molecule has 2 aromatic rings. The highest BCUT2D eigenvalue weighted by molar-refractivity contribution is 5.82. The lowest BCUT2D eigenvalue weighted by Crippen LogP contribution is -2.47. The molecule has 0 spiro atoms. The van der Waals surface area contributed by atoms with Gasteiger partial charge in [0.1, 0.15) is 6.61 Å². The summed E-state index contributed by atoms with van der Waals surface area (Å²) in [5.74, 6) is -0.744. The van der Waals surface area contributed by atoms with Gasteiger partial charge in [0.15, 0.2) is 0 Å². The van der Waals surface area contributed by atoms with Crippen molar-refractivity contribution in [1.29, 1.82) is 0 Å². The number of rotatable bonds is 10. The summed E-state index contributed by atoms with van der Waals surface area (Å²) in [4.78, 5) is 40.6. The van der Waals surface area contributed by atoms with Crippen LogP contribution in [0.2, 0.25) is 0 Å². The Labute approximate surface area is 201 Å². The third-order valence-corrected chi connectivity index (χ3v) is 5.52. The van der Waals surface area contributed by atoms with Crippen molar-refractivity contribution >= 4 is 18.0 Å². The van der Waals surface area contributed by atoms with E-state index in [0.717, 1.165) is 17.7 Å². The fourth-order valence-electron chi connectivity index (χ4n) is 3.74. The molecule has 3 rings (SSSR count). The molecule has 1 aliphatic heterocycles. The van der Waals surface area contributed by atoms with Crippen LogP contribution in [0.4, 0.5) is 4.79 Å². The number of hydrogen-bond acceptors (Lipinski definition) is 6. The Balaban J connectivity index is 1.64. The Bertz CT molecular complexity index is 936. The molecule has 0 aliphatic carbocycles. The number of carbonyl (C=O) groups is 3. The van der Waals surface area contributed by atoms with Crippen LogP contribution in [0.3, 0.4) is 0 Å². The molecule has 182 valence electrons. The van der Waals surface area contributed by atoms with Crippen LogP contribution in [0.1, 0.15) is 30.4 Å². The van der Waals surface area contributed by atoms with Gasteiger partial charge in [-0.05, 0) is 44.6 Å². The Hall–Kier alpha value is -3.39. The molecule has 0 N–H and O–H groups in total. The van der Waals surface area contributed by atoms with E-state index in [0.29, 0.717) is 32.4 Å². The first-order valence-electron chi connectivity index (χ1n) is 11.6. The van der Waals surface area contributed by atoms with Crippen molar-refractivity contribution < 1.29 is 23.9 Å². The van der Waals surface area contributed by atoms with Crippen LogP contribution in [0.15, 0.2) is 60.7 Å². The number of ether oxygens (including phenoxy) is 2. The van der Waals surface area contributed by atoms with Crippen molar-refractivity contribution in [2.24, 2.45) is 0 Å². The maximum atomic E-state index is 13.0. The molecule has 0 radical (unpaired) electrons. The van der Waals surface area contributed by atoms with Gasteiger partial charge in [-0.25, -0.2) is 19.6 Å². The standard InChI is InChI=1S/C26H33N3O5/c1-27(2)16-9-15-24(30)28-17-10-18-29(28)26(32)34-23(19-21-11-5-3-6-12-21)25(31)33-20-22-13-7-4-8-14-22/h3-8,11-14,23H,9-10,15-20H2,1-2H3/t23-/m0/s1. The second kappa shape index (κ2) is 12.7. The quantitative estimate of drug-likeness (QED) is 0.499. The molecule has 1 heterocycles. The molecular weight excluding hydrogens is 434 g/mol. The average Bonchev–Trinajstić information content (AvgIpc) is 3.33. The smallest absolute Gasteiger partial charge is 0.429 e. The molecular formula is C26H33N3O5. The van der Waals surface area contributed by atoms with Gasteiger partial charge in [-0.3, -0.25) is 4.79 Å². The van der Waals surface area contributed by atoms with Gasteiger partial charge in [-0.15, -0.1) is 0 Å². The fraction of sp³-hybridized carbons (Fsp3) is 0.423. The van der Waals surface area contributed by atoms with Crippen LogP contribution >= 0.6 is 0 Å². The van der Waals surface area contributed by atoms with Gasteiger partial charge in [0.25, 0.3) is 0 Å². The first-order valence-corrected chi connectivity index (χ1v) is 11.6. The first kappa shape index (κ1) is 25.2. The second-order valence-corrected chi connectivity index (χ2v) is 8.56. The zero-order valence-electron chi connectivity index (χ0n) is 19.9. The molecule has 1 aliphatic rings. The van der Waals surface area contributed by atoms with Crippen molar-refractivity contribution in [1.82, 2.24) is 14.9 Å². The van der Waals surface area contributed by atoms with Crippen molar-refractivity contribution in [2.45, 2.75) is 38.4 Å². The summed E-state index contributed by atoms with van der Waals surface area (Å²) in [6.45, 7) is 1.70. The highest BCUT2D eigenvalue weighted by atomic mass is 16.6. The monoisotopic (exact) mass is 467 g/mol. The third kappa shape index (κ3) is 7.59. The fourth-order valence-corrected chi connectivity index (χ4v) is 3.74. The summed E-state index contributed by atoms with van der Waals surface area (Å²) in [6, 6.07) is 18.6. The first-order chi connectivity index (χ1) is 16.4. The van der Waals surface area contributed by atoms with E-state index in [9.17, 15) is 14.4 Å². The Morgan fingerprint density at radius 1 is 0.912 bits per heavy atom. The minimum Gasteiger partial charge on any atom is -0.458 e. The van der Waals surface area contributed by atoms with E-state index in [1.165, 1.54) is 10.0 Å². The van der Waals surface area contributed by atoms with Gasteiger partial charge in [0.05, 0.1) is 0 Å². The van der Waals surface area contributed by atoms with Crippen molar-refractivity contribution in [2.75, 3.05) is 33.7 Å². The van der Waals surface area contributed by atoms with Crippen LogP contribution in [-0.4, -0.2) is 72.7 Å². The minimum absolute atomic E-state index is 0.0860. The van der Waals surface area contributed by atoms with Crippen LogP contribution in [0.25, 0.3) is 0 Å². The summed E-state index contributed by atoms with van der Waals surface area (Å²) < 4.78 is 11.1. The van der Waals surface area contributed by atoms with E-state index in [4.69, 9.17) is 9.47 Å². The number of esters is 1. The lowest BCUT2D eigenvalue weighted by atomic mass is 10.1. The molecule has 0 aromatic heterocycles. The number of benzene rings is 2. The zero-order valence-corrected chi connectivity index (χ0v) is 19.9. The summed E-state index contributed by atoms with van der Waals surface area (Å²) in [5.41, 5.74) is 1.68. The van der Waals surface area contributed by atoms with Gasteiger partial charge < -0.3 is 14.4 Å². The predicted octanol–water partition coefficient (Wildman–Crippen LogP) is 3.27. The summed E-state index contributed by atoms with van der Waals surface area (Å²) >= 11 is 0. The Morgan fingerprint density at radius 2 is 1.53 bits per heavy atom. The van der Waals surface area contributed by atoms with E-state index in [1.807, 2.05) is 79.7 Å². The molecule has 1 saturated heterocycles.